The minimum atomic E-state index is -1.01. The first-order valence-electron chi connectivity index (χ1n) is 15.0. The van der Waals surface area contributed by atoms with Gasteiger partial charge in [-0.25, -0.2) is 0 Å². The summed E-state index contributed by atoms with van der Waals surface area (Å²) < 4.78 is 0. The highest BCUT2D eigenvalue weighted by atomic mass is 16.4. The second-order valence-electron chi connectivity index (χ2n) is 11.7. The van der Waals surface area contributed by atoms with Crippen molar-refractivity contribution in [3.05, 3.63) is 109 Å². The lowest BCUT2D eigenvalue weighted by Gasteiger charge is -2.23. The number of rotatable bonds is 3. The molecule has 0 spiro atoms. The number of aromatic hydroxyl groups is 8. The smallest absolute Gasteiger partial charge is 0.204 e. The van der Waals surface area contributed by atoms with Gasteiger partial charge in [0.2, 0.25) is 23.0 Å². The lowest BCUT2D eigenvalue weighted by atomic mass is 9.83. The van der Waals surface area contributed by atoms with E-state index in [1.807, 2.05) is 72.8 Å². The summed E-state index contributed by atoms with van der Waals surface area (Å²) in [5, 5.41) is 92.2. The van der Waals surface area contributed by atoms with Crippen LogP contribution in [0.2, 0.25) is 0 Å². The number of phenolic OH excluding ortho intramolecular Hbond substituents is 8. The normalized spacial score (nSPS) is 11.6. The summed E-state index contributed by atoms with van der Waals surface area (Å²) in [7, 11) is 0. The number of fused-ring (bicyclic) bond motifs is 4. The van der Waals surface area contributed by atoms with Gasteiger partial charge in [-0.3, -0.25) is 0 Å². The monoisotopic (exact) mass is 634 g/mol. The molecule has 0 aliphatic rings. The van der Waals surface area contributed by atoms with Gasteiger partial charge in [0, 0.05) is 32.7 Å². The Hall–Kier alpha value is -6.80. The fourth-order valence-electron chi connectivity index (χ4n) is 6.76. The van der Waals surface area contributed by atoms with Crippen molar-refractivity contribution in [3.63, 3.8) is 0 Å². The van der Waals surface area contributed by atoms with Gasteiger partial charge in [0.1, 0.15) is 0 Å². The van der Waals surface area contributed by atoms with Crippen LogP contribution >= 0.6 is 0 Å². The van der Waals surface area contributed by atoms with Crippen molar-refractivity contribution in [2.24, 2.45) is 0 Å². The third-order valence-corrected chi connectivity index (χ3v) is 9.07. The summed E-state index contributed by atoms with van der Waals surface area (Å²) in [5.74, 6) is -7.31. The zero-order valence-electron chi connectivity index (χ0n) is 25.0. The van der Waals surface area contributed by atoms with Crippen LogP contribution < -0.4 is 0 Å². The average molecular weight is 635 g/mol. The van der Waals surface area contributed by atoms with E-state index in [1.54, 1.807) is 36.4 Å². The molecule has 0 aliphatic carbocycles. The number of phenols is 8. The minimum absolute atomic E-state index is 0.00150. The molecule has 0 aliphatic heterocycles. The maximum Gasteiger partial charge on any atom is 0.204 e. The Morgan fingerprint density at radius 3 is 1.04 bits per heavy atom. The summed E-state index contributed by atoms with van der Waals surface area (Å²) in [6.45, 7) is 0. The van der Waals surface area contributed by atoms with E-state index in [2.05, 4.69) is 0 Å². The van der Waals surface area contributed by atoms with Crippen molar-refractivity contribution >= 4 is 43.1 Å². The van der Waals surface area contributed by atoms with Crippen LogP contribution in [0.4, 0.5) is 0 Å². The molecule has 8 rings (SSSR count). The topological polar surface area (TPSA) is 162 Å². The van der Waals surface area contributed by atoms with Crippen LogP contribution in [0.1, 0.15) is 0 Å². The van der Waals surface area contributed by atoms with Crippen LogP contribution in [0.5, 0.6) is 46.0 Å². The van der Waals surface area contributed by atoms with Crippen molar-refractivity contribution in [3.8, 4) is 79.4 Å². The predicted octanol–water partition coefficient (Wildman–Crippen LogP) is 8.95. The molecule has 0 bridgehead atoms. The van der Waals surface area contributed by atoms with Gasteiger partial charge in [0.15, 0.2) is 23.0 Å². The van der Waals surface area contributed by atoms with Crippen molar-refractivity contribution in [2.75, 3.05) is 0 Å². The van der Waals surface area contributed by atoms with E-state index >= 15 is 0 Å². The number of hydrogen-bond acceptors (Lipinski definition) is 8. The fraction of sp³-hybridized carbons (Fsp3) is 0. The lowest BCUT2D eigenvalue weighted by Crippen LogP contribution is -1.95. The molecule has 48 heavy (non-hydrogen) atoms. The third-order valence-electron chi connectivity index (χ3n) is 9.07. The Kier molecular flexibility index (Phi) is 6.19. The molecule has 234 valence electrons. The van der Waals surface area contributed by atoms with E-state index in [0.717, 1.165) is 32.7 Å². The second kappa shape index (κ2) is 10.4. The Morgan fingerprint density at radius 2 is 0.583 bits per heavy atom. The minimum Gasteiger partial charge on any atom is -0.504 e. The van der Waals surface area contributed by atoms with E-state index < -0.39 is 46.0 Å². The highest BCUT2D eigenvalue weighted by Crippen LogP contribution is 2.62. The van der Waals surface area contributed by atoms with E-state index in [4.69, 9.17) is 0 Å². The quantitative estimate of drug-likeness (QED) is 0.0543. The molecule has 0 heterocycles. The molecule has 8 heteroatoms. The third kappa shape index (κ3) is 4.03. The molecule has 8 aromatic rings. The zero-order valence-corrected chi connectivity index (χ0v) is 25.0. The van der Waals surface area contributed by atoms with Gasteiger partial charge in [0.25, 0.3) is 0 Å². The molecule has 0 unspecified atom stereocenters. The molecular formula is C40H26O8. The second-order valence-corrected chi connectivity index (χ2v) is 11.7. The molecule has 0 aromatic heterocycles. The Bertz CT molecular complexity index is 2580. The van der Waals surface area contributed by atoms with E-state index in [9.17, 15) is 40.9 Å². The van der Waals surface area contributed by atoms with Gasteiger partial charge in [-0.1, -0.05) is 91.0 Å². The lowest BCUT2D eigenvalue weighted by molar-refractivity contribution is 0.350. The van der Waals surface area contributed by atoms with Crippen LogP contribution in [-0.4, -0.2) is 40.9 Å². The molecule has 0 amide bonds. The molecule has 0 saturated carbocycles. The molecule has 0 saturated heterocycles. The van der Waals surface area contributed by atoms with Crippen molar-refractivity contribution < 1.29 is 40.9 Å². The summed E-state index contributed by atoms with van der Waals surface area (Å²) in [6, 6.07) is 33.5. The maximum absolute atomic E-state index is 11.5. The van der Waals surface area contributed by atoms with Gasteiger partial charge in [0.05, 0.1) is 0 Å². The van der Waals surface area contributed by atoms with Gasteiger partial charge >= 0.3 is 0 Å². The molecule has 0 radical (unpaired) electrons. The molecule has 8 aromatic carbocycles. The van der Waals surface area contributed by atoms with Crippen LogP contribution in [-0.2, 0) is 0 Å². The largest absolute Gasteiger partial charge is 0.504 e. The Balaban J connectivity index is 1.57. The van der Waals surface area contributed by atoms with Crippen LogP contribution in [0.3, 0.4) is 0 Å². The first kappa shape index (κ1) is 28.7. The molecule has 8 nitrogen and oxygen atoms in total. The van der Waals surface area contributed by atoms with Crippen LogP contribution in [0.15, 0.2) is 109 Å². The highest BCUT2D eigenvalue weighted by molar-refractivity contribution is 6.29. The van der Waals surface area contributed by atoms with Gasteiger partial charge in [-0.15, -0.1) is 0 Å². The number of hydrogen-bond donors (Lipinski definition) is 8. The standard InChI is InChI=1S/C40H26O8/c41-33-29-27(25-11-5-10-23(18-25)24-14-12-19-6-1-3-8-21(19)16-24)30-32(36(44)40(48)38(46)34(30)42)28(31(29)35(43)39(47)37(33)45)26-15-13-20-7-2-4-9-22(20)17-26/h1-18,41-48H. The average Bonchev–Trinajstić information content (AvgIpc) is 3.12. The molecular weight excluding hydrogens is 608 g/mol. The Labute approximate surface area is 272 Å². The summed E-state index contributed by atoms with van der Waals surface area (Å²) in [5.41, 5.74) is 2.29. The van der Waals surface area contributed by atoms with Gasteiger partial charge in [-0.05, 0) is 62.0 Å². The predicted molar refractivity (Wildman–Crippen MR) is 186 cm³/mol. The van der Waals surface area contributed by atoms with Crippen molar-refractivity contribution in [1.29, 1.82) is 0 Å². The van der Waals surface area contributed by atoms with Crippen LogP contribution in [0.25, 0.3) is 76.5 Å². The summed E-state index contributed by atoms with van der Waals surface area (Å²) in [6.07, 6.45) is 0. The summed E-state index contributed by atoms with van der Waals surface area (Å²) >= 11 is 0. The first-order valence-corrected chi connectivity index (χ1v) is 15.0. The van der Waals surface area contributed by atoms with Gasteiger partial charge in [-0.2, -0.15) is 0 Å². The summed E-state index contributed by atoms with van der Waals surface area (Å²) in [4.78, 5) is 0. The maximum atomic E-state index is 11.5. The molecule has 8 N–H and O–H groups in total. The van der Waals surface area contributed by atoms with Crippen LogP contribution in [0, 0.1) is 0 Å². The van der Waals surface area contributed by atoms with E-state index in [-0.39, 0.29) is 32.7 Å². The zero-order chi connectivity index (χ0) is 33.4. The van der Waals surface area contributed by atoms with E-state index in [1.165, 1.54) is 0 Å². The van der Waals surface area contributed by atoms with Gasteiger partial charge < -0.3 is 40.9 Å². The highest BCUT2D eigenvalue weighted by Gasteiger charge is 2.32. The molecule has 0 atom stereocenters. The fourth-order valence-corrected chi connectivity index (χ4v) is 6.76. The first-order chi connectivity index (χ1) is 23.2. The van der Waals surface area contributed by atoms with Crippen molar-refractivity contribution in [2.45, 2.75) is 0 Å². The van der Waals surface area contributed by atoms with E-state index in [0.29, 0.717) is 11.1 Å². The number of benzene rings is 8. The SMILES string of the molecule is Oc1c(O)c(O)c2c(-c3ccc4ccccc4c3)c3c(O)c(O)c(O)c(O)c3c(-c3cccc(-c4ccc5ccccc5c4)c3)c2c1O. The Morgan fingerprint density at radius 1 is 0.250 bits per heavy atom. The molecule has 0 fully saturated rings. The van der Waals surface area contributed by atoms with Crippen molar-refractivity contribution in [1.82, 2.24) is 0 Å².